The zero-order valence-electron chi connectivity index (χ0n) is 10.1. The summed E-state index contributed by atoms with van der Waals surface area (Å²) in [6.07, 6.45) is -0.418. The number of nitrogens with zero attached hydrogens (tertiary/aromatic N) is 1. The van der Waals surface area contributed by atoms with Crippen LogP contribution in [0.3, 0.4) is 0 Å². The monoisotopic (exact) mass is 318 g/mol. The summed E-state index contributed by atoms with van der Waals surface area (Å²) in [7, 11) is -3.11. The molecule has 1 aliphatic heterocycles. The molecule has 0 aromatic carbocycles. The Kier molecular flexibility index (Phi) is 6.92. The molecule has 1 saturated heterocycles. The molecule has 0 saturated carbocycles. The van der Waals surface area contributed by atoms with Gasteiger partial charge in [0.25, 0.3) is 0 Å². The molecule has 1 rings (SSSR count). The second kappa shape index (κ2) is 7.68. The van der Waals surface area contributed by atoms with E-state index in [4.69, 9.17) is 32.5 Å². The van der Waals surface area contributed by atoms with Crippen molar-refractivity contribution in [3.05, 3.63) is 0 Å². The van der Waals surface area contributed by atoms with E-state index < -0.39 is 13.8 Å². The molecule has 0 spiro atoms. The summed E-state index contributed by atoms with van der Waals surface area (Å²) in [4.78, 5) is 10.8. The number of carbonyl (C=O) groups excluding carboxylic acids is 1. The van der Waals surface area contributed by atoms with Crippen LogP contribution in [0.1, 0.15) is 6.92 Å². The highest BCUT2D eigenvalue weighted by atomic mass is 35.5. The molecule has 1 aliphatic rings. The molecule has 6 nitrogen and oxygen atoms in total. The fourth-order valence-electron chi connectivity index (χ4n) is 1.57. The van der Waals surface area contributed by atoms with E-state index in [9.17, 15) is 9.36 Å². The van der Waals surface area contributed by atoms with Gasteiger partial charge in [0.2, 0.25) is 0 Å². The van der Waals surface area contributed by atoms with Crippen molar-refractivity contribution in [1.29, 1.82) is 0 Å². The largest absolute Gasteiger partial charge is 0.459 e. The van der Waals surface area contributed by atoms with Gasteiger partial charge in [-0.2, -0.15) is 0 Å². The number of alkyl halides is 2. The third-order valence-electron chi connectivity index (χ3n) is 2.34. The SMILES string of the molecule is CC(=O)O[C@@H]1CN[P@@](=O)(N(CCCl)CCCl)OC1. The van der Waals surface area contributed by atoms with Gasteiger partial charge in [0.05, 0.1) is 6.61 Å². The summed E-state index contributed by atoms with van der Waals surface area (Å²) >= 11 is 11.3. The van der Waals surface area contributed by atoms with Crippen LogP contribution in [0.2, 0.25) is 0 Å². The second-order valence-electron chi connectivity index (χ2n) is 3.74. The molecule has 0 bridgehead atoms. The van der Waals surface area contributed by atoms with Crippen LogP contribution < -0.4 is 5.09 Å². The van der Waals surface area contributed by atoms with E-state index >= 15 is 0 Å². The van der Waals surface area contributed by atoms with Gasteiger partial charge in [-0.05, 0) is 0 Å². The van der Waals surface area contributed by atoms with Gasteiger partial charge >= 0.3 is 13.6 Å². The minimum Gasteiger partial charge on any atom is -0.459 e. The predicted molar refractivity (Wildman–Crippen MR) is 70.1 cm³/mol. The predicted octanol–water partition coefficient (Wildman–Crippen LogP) is 1.43. The maximum absolute atomic E-state index is 12.5. The number of ether oxygens (including phenoxy) is 1. The van der Waals surface area contributed by atoms with E-state index in [0.717, 1.165) is 0 Å². The summed E-state index contributed by atoms with van der Waals surface area (Å²) in [5.74, 6) is 0.277. The van der Waals surface area contributed by atoms with Crippen molar-refractivity contribution in [3.63, 3.8) is 0 Å². The van der Waals surface area contributed by atoms with E-state index in [2.05, 4.69) is 5.09 Å². The van der Waals surface area contributed by atoms with Crippen molar-refractivity contribution in [2.24, 2.45) is 0 Å². The first kappa shape index (κ1) is 16.2. The van der Waals surface area contributed by atoms with Crippen molar-refractivity contribution >= 4 is 36.8 Å². The van der Waals surface area contributed by atoms with Gasteiger partial charge in [-0.1, -0.05) is 0 Å². The molecule has 0 aromatic heterocycles. The minimum atomic E-state index is -3.11. The highest BCUT2D eigenvalue weighted by Crippen LogP contribution is 2.48. The summed E-state index contributed by atoms with van der Waals surface area (Å²) in [6, 6.07) is 0. The topological polar surface area (TPSA) is 67.9 Å². The Hall–Kier alpha value is 0.160. The minimum absolute atomic E-state index is 0.102. The number of rotatable bonds is 6. The number of esters is 1. The van der Waals surface area contributed by atoms with Gasteiger partial charge in [-0.15, -0.1) is 23.2 Å². The molecule has 2 atom stereocenters. The van der Waals surface area contributed by atoms with Crippen LogP contribution in [0.5, 0.6) is 0 Å². The molecule has 0 radical (unpaired) electrons. The first-order valence-electron chi connectivity index (χ1n) is 5.56. The summed E-state index contributed by atoms with van der Waals surface area (Å²) in [6.45, 7) is 2.54. The van der Waals surface area contributed by atoms with Crippen molar-refractivity contribution < 1.29 is 18.6 Å². The van der Waals surface area contributed by atoms with Gasteiger partial charge < -0.3 is 9.26 Å². The Balaban J connectivity index is 2.56. The Morgan fingerprint density at radius 3 is 2.50 bits per heavy atom. The van der Waals surface area contributed by atoms with Crippen molar-refractivity contribution in [2.45, 2.75) is 13.0 Å². The Labute approximate surface area is 116 Å². The highest BCUT2D eigenvalue weighted by Gasteiger charge is 2.37. The van der Waals surface area contributed by atoms with Gasteiger partial charge in [0, 0.05) is 38.3 Å². The standard InChI is InChI=1S/C9H17Cl2N2O4P/c1-8(14)17-9-6-12-18(15,16-7-9)13(4-2-10)5-3-11/h9H,2-7H2,1H3,(H,12,15)/t9-,18+/m1/s1. The molecule has 0 aliphatic carbocycles. The van der Waals surface area contributed by atoms with E-state index in [1.165, 1.54) is 6.92 Å². The van der Waals surface area contributed by atoms with Gasteiger partial charge in [-0.3, -0.25) is 9.36 Å². The lowest BCUT2D eigenvalue weighted by Gasteiger charge is -2.35. The lowest BCUT2D eigenvalue weighted by Crippen LogP contribution is -2.43. The van der Waals surface area contributed by atoms with Crippen LogP contribution in [-0.4, -0.2) is 54.7 Å². The van der Waals surface area contributed by atoms with Crippen molar-refractivity contribution in [1.82, 2.24) is 9.76 Å². The van der Waals surface area contributed by atoms with Gasteiger partial charge in [0.15, 0.2) is 0 Å². The highest BCUT2D eigenvalue weighted by molar-refractivity contribution is 7.54. The second-order valence-corrected chi connectivity index (χ2v) is 6.68. The molecular formula is C9H17Cl2N2O4P. The molecule has 9 heteroatoms. The molecule has 0 amide bonds. The number of carbonyl (C=O) groups is 1. The van der Waals surface area contributed by atoms with E-state index in [-0.39, 0.29) is 19.1 Å². The van der Waals surface area contributed by atoms with Crippen LogP contribution in [-0.2, 0) is 18.6 Å². The number of hydrogen-bond acceptors (Lipinski definition) is 4. The summed E-state index contributed by atoms with van der Waals surface area (Å²) < 4.78 is 24.4. The molecule has 1 N–H and O–H groups in total. The van der Waals surface area contributed by atoms with Gasteiger partial charge in [-0.25, -0.2) is 9.76 Å². The Morgan fingerprint density at radius 2 is 2.11 bits per heavy atom. The van der Waals surface area contributed by atoms with Crippen LogP contribution in [0, 0.1) is 0 Å². The number of nitrogens with one attached hydrogen (secondary N) is 1. The number of hydrogen-bond donors (Lipinski definition) is 1. The first-order valence-corrected chi connectivity index (χ1v) is 8.20. The lowest BCUT2D eigenvalue weighted by molar-refractivity contribution is -0.148. The third kappa shape index (κ3) is 4.68. The Bertz CT molecular complexity index is 314. The molecule has 0 unspecified atom stereocenters. The maximum Gasteiger partial charge on any atom is 0.343 e. The Morgan fingerprint density at radius 1 is 1.50 bits per heavy atom. The normalized spacial score (nSPS) is 28.3. The first-order chi connectivity index (χ1) is 8.51. The lowest BCUT2D eigenvalue weighted by atomic mass is 10.4. The zero-order chi connectivity index (χ0) is 13.6. The number of halogens is 2. The molecule has 0 aromatic rings. The van der Waals surface area contributed by atoms with Crippen LogP contribution in [0.15, 0.2) is 0 Å². The van der Waals surface area contributed by atoms with Crippen LogP contribution in [0.25, 0.3) is 0 Å². The molecule has 1 fully saturated rings. The maximum atomic E-state index is 12.5. The third-order valence-corrected chi connectivity index (χ3v) is 4.91. The fraction of sp³-hybridized carbons (Fsp3) is 0.889. The molecule has 106 valence electrons. The van der Waals surface area contributed by atoms with Crippen LogP contribution >= 0.6 is 30.9 Å². The summed E-state index contributed by atoms with van der Waals surface area (Å²) in [5.41, 5.74) is 0. The molecule has 18 heavy (non-hydrogen) atoms. The van der Waals surface area contributed by atoms with Crippen molar-refractivity contribution in [3.8, 4) is 0 Å². The average molecular weight is 319 g/mol. The molecular weight excluding hydrogens is 302 g/mol. The molecule has 1 heterocycles. The van der Waals surface area contributed by atoms with E-state index in [0.29, 0.717) is 24.8 Å². The fourth-order valence-corrected chi connectivity index (χ4v) is 4.20. The quantitative estimate of drug-likeness (QED) is 0.454. The van der Waals surface area contributed by atoms with Gasteiger partial charge in [0.1, 0.15) is 6.10 Å². The van der Waals surface area contributed by atoms with E-state index in [1.54, 1.807) is 4.67 Å². The summed E-state index contributed by atoms with van der Waals surface area (Å²) in [5, 5.41) is 2.79. The van der Waals surface area contributed by atoms with Crippen LogP contribution in [0.4, 0.5) is 0 Å². The zero-order valence-corrected chi connectivity index (χ0v) is 12.5. The van der Waals surface area contributed by atoms with E-state index in [1.807, 2.05) is 0 Å². The smallest absolute Gasteiger partial charge is 0.343 e. The average Bonchev–Trinajstić information content (AvgIpc) is 2.32. The van der Waals surface area contributed by atoms with Crippen molar-refractivity contribution in [2.75, 3.05) is 38.0 Å².